The van der Waals surface area contributed by atoms with Gasteiger partial charge in [-0.25, -0.2) is 0 Å². The van der Waals surface area contributed by atoms with Crippen LogP contribution in [0.2, 0.25) is 0 Å². The standard InChI is InChI=1S/C15H22N2O.ClH/c1-11-3-5-13(6-4-11)9-15(18)17-8-7-14(16)12(2)10-17;/h3-6,12,14H,7-10,16H2,1-2H3;1H. The Kier molecular flexibility index (Phi) is 5.83. The van der Waals surface area contributed by atoms with Crippen molar-refractivity contribution in [1.82, 2.24) is 4.90 Å². The number of piperidine rings is 1. The number of likely N-dealkylation sites (tertiary alicyclic amines) is 1. The largest absolute Gasteiger partial charge is 0.342 e. The molecule has 0 radical (unpaired) electrons. The van der Waals surface area contributed by atoms with Gasteiger partial charge in [0.2, 0.25) is 5.91 Å². The van der Waals surface area contributed by atoms with E-state index in [2.05, 4.69) is 26.0 Å². The molecule has 1 saturated heterocycles. The first-order valence-corrected chi connectivity index (χ1v) is 6.65. The summed E-state index contributed by atoms with van der Waals surface area (Å²) in [6, 6.07) is 8.42. The van der Waals surface area contributed by atoms with E-state index in [0.717, 1.165) is 25.1 Å². The summed E-state index contributed by atoms with van der Waals surface area (Å²) in [5.74, 6) is 0.623. The molecule has 0 aliphatic carbocycles. The first-order valence-electron chi connectivity index (χ1n) is 6.65. The van der Waals surface area contributed by atoms with Crippen molar-refractivity contribution in [2.75, 3.05) is 13.1 Å². The van der Waals surface area contributed by atoms with E-state index in [1.807, 2.05) is 17.0 Å². The molecule has 19 heavy (non-hydrogen) atoms. The van der Waals surface area contributed by atoms with Crippen LogP contribution in [0.25, 0.3) is 0 Å². The molecule has 0 bridgehead atoms. The van der Waals surface area contributed by atoms with Crippen LogP contribution in [0.5, 0.6) is 0 Å². The van der Waals surface area contributed by atoms with Crippen molar-refractivity contribution in [2.45, 2.75) is 32.7 Å². The number of halogens is 1. The van der Waals surface area contributed by atoms with Crippen molar-refractivity contribution >= 4 is 18.3 Å². The van der Waals surface area contributed by atoms with Crippen LogP contribution in [-0.2, 0) is 11.2 Å². The zero-order valence-electron chi connectivity index (χ0n) is 11.6. The van der Waals surface area contributed by atoms with Gasteiger partial charge in [-0.2, -0.15) is 0 Å². The summed E-state index contributed by atoms with van der Waals surface area (Å²) >= 11 is 0. The van der Waals surface area contributed by atoms with Gasteiger partial charge in [0.25, 0.3) is 0 Å². The Hall–Kier alpha value is -1.06. The highest BCUT2D eigenvalue weighted by Crippen LogP contribution is 2.16. The summed E-state index contributed by atoms with van der Waals surface area (Å²) in [6.45, 7) is 5.78. The van der Waals surface area contributed by atoms with E-state index >= 15 is 0 Å². The lowest BCUT2D eigenvalue weighted by Gasteiger charge is -2.35. The van der Waals surface area contributed by atoms with Gasteiger partial charge in [0, 0.05) is 19.1 Å². The van der Waals surface area contributed by atoms with Gasteiger partial charge in [0.15, 0.2) is 0 Å². The quantitative estimate of drug-likeness (QED) is 0.903. The van der Waals surface area contributed by atoms with Gasteiger partial charge in [-0.15, -0.1) is 12.4 Å². The second kappa shape index (κ2) is 6.92. The molecule has 106 valence electrons. The number of aryl methyl sites for hydroxylation is 1. The molecule has 1 heterocycles. The van der Waals surface area contributed by atoms with Gasteiger partial charge in [-0.05, 0) is 24.8 Å². The third kappa shape index (κ3) is 4.22. The molecule has 1 fully saturated rings. The van der Waals surface area contributed by atoms with Crippen molar-refractivity contribution < 1.29 is 4.79 Å². The molecule has 1 aromatic carbocycles. The third-order valence-electron chi connectivity index (χ3n) is 3.80. The average molecular weight is 283 g/mol. The number of carbonyl (C=O) groups excluding carboxylic acids is 1. The molecule has 4 heteroatoms. The minimum atomic E-state index is 0. The number of nitrogens with two attached hydrogens (primary N) is 1. The highest BCUT2D eigenvalue weighted by atomic mass is 35.5. The minimum Gasteiger partial charge on any atom is -0.342 e. The fourth-order valence-corrected chi connectivity index (χ4v) is 2.38. The molecule has 0 spiro atoms. The maximum Gasteiger partial charge on any atom is 0.227 e. The van der Waals surface area contributed by atoms with Crippen LogP contribution in [0.1, 0.15) is 24.5 Å². The molecule has 2 unspecified atom stereocenters. The highest BCUT2D eigenvalue weighted by Gasteiger charge is 2.25. The van der Waals surface area contributed by atoms with Crippen LogP contribution in [0.15, 0.2) is 24.3 Å². The lowest BCUT2D eigenvalue weighted by Crippen LogP contribution is -2.48. The Bertz CT molecular complexity index is 419. The Balaban J connectivity index is 0.00000180. The molecule has 2 rings (SSSR count). The average Bonchev–Trinajstić information content (AvgIpc) is 2.35. The fraction of sp³-hybridized carbons (Fsp3) is 0.533. The second-order valence-electron chi connectivity index (χ2n) is 5.43. The number of benzene rings is 1. The Morgan fingerprint density at radius 1 is 1.37 bits per heavy atom. The summed E-state index contributed by atoms with van der Waals surface area (Å²) in [7, 11) is 0. The van der Waals surface area contributed by atoms with Crippen LogP contribution < -0.4 is 5.73 Å². The number of nitrogens with zero attached hydrogens (tertiary/aromatic N) is 1. The van der Waals surface area contributed by atoms with Crippen LogP contribution in [0.3, 0.4) is 0 Å². The molecule has 0 aromatic heterocycles. The molecule has 2 N–H and O–H groups in total. The zero-order chi connectivity index (χ0) is 13.1. The monoisotopic (exact) mass is 282 g/mol. The lowest BCUT2D eigenvalue weighted by molar-refractivity contribution is -0.132. The van der Waals surface area contributed by atoms with Gasteiger partial charge >= 0.3 is 0 Å². The molecule has 1 aromatic rings. The maximum atomic E-state index is 12.2. The Morgan fingerprint density at radius 3 is 2.58 bits per heavy atom. The van der Waals surface area contributed by atoms with E-state index < -0.39 is 0 Å². The van der Waals surface area contributed by atoms with E-state index in [0.29, 0.717) is 12.3 Å². The smallest absolute Gasteiger partial charge is 0.227 e. The van der Waals surface area contributed by atoms with Crippen molar-refractivity contribution in [3.05, 3.63) is 35.4 Å². The van der Waals surface area contributed by atoms with Crippen LogP contribution in [-0.4, -0.2) is 29.9 Å². The van der Waals surface area contributed by atoms with Crippen LogP contribution in [0, 0.1) is 12.8 Å². The molecule has 1 amide bonds. The van der Waals surface area contributed by atoms with Gasteiger partial charge in [0.1, 0.15) is 0 Å². The molecule has 1 aliphatic rings. The van der Waals surface area contributed by atoms with Crippen molar-refractivity contribution in [1.29, 1.82) is 0 Å². The van der Waals surface area contributed by atoms with Gasteiger partial charge in [0.05, 0.1) is 6.42 Å². The topological polar surface area (TPSA) is 46.3 Å². The molecule has 3 nitrogen and oxygen atoms in total. The summed E-state index contributed by atoms with van der Waals surface area (Å²) in [5.41, 5.74) is 8.29. The number of rotatable bonds is 2. The molecule has 2 atom stereocenters. The summed E-state index contributed by atoms with van der Waals surface area (Å²) in [6.07, 6.45) is 1.42. The van der Waals surface area contributed by atoms with Gasteiger partial charge in [-0.1, -0.05) is 36.8 Å². The van der Waals surface area contributed by atoms with Crippen molar-refractivity contribution in [3.63, 3.8) is 0 Å². The Morgan fingerprint density at radius 2 is 2.00 bits per heavy atom. The number of hydrogen-bond donors (Lipinski definition) is 1. The Labute approximate surface area is 121 Å². The zero-order valence-corrected chi connectivity index (χ0v) is 12.5. The van der Waals surface area contributed by atoms with Crippen molar-refractivity contribution in [3.8, 4) is 0 Å². The molecule has 0 saturated carbocycles. The van der Waals surface area contributed by atoms with Crippen LogP contribution in [0.4, 0.5) is 0 Å². The SMILES string of the molecule is Cc1ccc(CC(=O)N2CCC(N)C(C)C2)cc1.Cl. The molecule has 1 aliphatic heterocycles. The normalized spacial score (nSPS) is 22.8. The van der Waals surface area contributed by atoms with E-state index in [4.69, 9.17) is 5.73 Å². The first-order chi connectivity index (χ1) is 8.56. The maximum absolute atomic E-state index is 12.2. The third-order valence-corrected chi connectivity index (χ3v) is 3.80. The van der Waals surface area contributed by atoms with E-state index in [-0.39, 0.29) is 24.4 Å². The molecular weight excluding hydrogens is 260 g/mol. The van der Waals surface area contributed by atoms with Gasteiger partial charge in [-0.3, -0.25) is 4.79 Å². The van der Waals surface area contributed by atoms with E-state index in [1.165, 1.54) is 5.56 Å². The predicted octanol–water partition coefficient (Wildman–Crippen LogP) is 2.16. The first kappa shape index (κ1) is 16.0. The molecular formula is C15H23ClN2O. The summed E-state index contributed by atoms with van der Waals surface area (Å²) in [4.78, 5) is 14.1. The predicted molar refractivity (Wildman–Crippen MR) is 80.5 cm³/mol. The van der Waals surface area contributed by atoms with E-state index in [1.54, 1.807) is 0 Å². The lowest BCUT2D eigenvalue weighted by atomic mass is 9.94. The van der Waals surface area contributed by atoms with Crippen molar-refractivity contribution in [2.24, 2.45) is 11.7 Å². The summed E-state index contributed by atoms with van der Waals surface area (Å²) < 4.78 is 0. The summed E-state index contributed by atoms with van der Waals surface area (Å²) in [5, 5.41) is 0. The fourth-order valence-electron chi connectivity index (χ4n) is 2.38. The second-order valence-corrected chi connectivity index (χ2v) is 5.43. The number of hydrogen-bond acceptors (Lipinski definition) is 2. The van der Waals surface area contributed by atoms with Crippen LogP contribution >= 0.6 is 12.4 Å². The number of amides is 1. The highest BCUT2D eigenvalue weighted by molar-refractivity contribution is 5.85. The number of carbonyl (C=O) groups is 1. The van der Waals surface area contributed by atoms with Gasteiger partial charge < -0.3 is 10.6 Å². The minimum absolute atomic E-state index is 0. The van der Waals surface area contributed by atoms with E-state index in [9.17, 15) is 4.79 Å².